The van der Waals surface area contributed by atoms with Gasteiger partial charge in [0.1, 0.15) is 10.6 Å². The SMILES string of the molecule is COc1ccc(-c2csc(C)n2)cc1S(=O)(=O)NCc1cccs1. The first kappa shape index (κ1) is 17.1. The third-order valence-electron chi connectivity index (χ3n) is 3.38. The molecule has 0 atom stereocenters. The minimum Gasteiger partial charge on any atom is -0.495 e. The molecule has 126 valence electrons. The molecule has 2 heterocycles. The summed E-state index contributed by atoms with van der Waals surface area (Å²) in [5.41, 5.74) is 1.51. The van der Waals surface area contributed by atoms with E-state index in [1.165, 1.54) is 29.8 Å². The molecule has 0 unspecified atom stereocenters. The summed E-state index contributed by atoms with van der Waals surface area (Å²) in [5.74, 6) is 0.310. The molecule has 0 bridgehead atoms. The fourth-order valence-electron chi connectivity index (χ4n) is 2.20. The van der Waals surface area contributed by atoms with Crippen LogP contribution in [0, 0.1) is 6.92 Å². The normalized spacial score (nSPS) is 11.6. The molecule has 2 aromatic heterocycles. The highest BCUT2D eigenvalue weighted by molar-refractivity contribution is 7.89. The van der Waals surface area contributed by atoms with Crippen LogP contribution >= 0.6 is 22.7 Å². The Balaban J connectivity index is 1.95. The Morgan fingerprint density at radius 1 is 1.25 bits per heavy atom. The van der Waals surface area contributed by atoms with Gasteiger partial charge in [-0.3, -0.25) is 0 Å². The number of nitrogens with one attached hydrogen (secondary N) is 1. The maximum absolute atomic E-state index is 12.7. The van der Waals surface area contributed by atoms with Crippen molar-refractivity contribution in [2.24, 2.45) is 0 Å². The van der Waals surface area contributed by atoms with E-state index in [1.807, 2.05) is 35.9 Å². The molecule has 1 N–H and O–H groups in total. The highest BCUT2D eigenvalue weighted by Crippen LogP contribution is 2.30. The van der Waals surface area contributed by atoms with E-state index in [-0.39, 0.29) is 11.4 Å². The molecule has 0 spiro atoms. The predicted octanol–water partition coefficient (Wildman–Crippen LogP) is 3.67. The van der Waals surface area contributed by atoms with Crippen LogP contribution in [0.25, 0.3) is 11.3 Å². The fourth-order valence-corrected chi connectivity index (χ4v) is 4.76. The lowest BCUT2D eigenvalue weighted by molar-refractivity contribution is 0.402. The smallest absolute Gasteiger partial charge is 0.244 e. The molecule has 0 saturated carbocycles. The molecule has 0 fully saturated rings. The molecule has 0 aliphatic heterocycles. The molecule has 0 aliphatic carbocycles. The average molecular weight is 381 g/mol. The number of hydrogen-bond donors (Lipinski definition) is 1. The number of thiazole rings is 1. The second-order valence-electron chi connectivity index (χ2n) is 5.02. The Morgan fingerprint density at radius 3 is 2.71 bits per heavy atom. The van der Waals surface area contributed by atoms with Gasteiger partial charge < -0.3 is 4.74 Å². The van der Waals surface area contributed by atoms with Crippen molar-refractivity contribution >= 4 is 32.7 Å². The summed E-state index contributed by atoms with van der Waals surface area (Å²) in [7, 11) is -2.24. The lowest BCUT2D eigenvalue weighted by atomic mass is 10.2. The topological polar surface area (TPSA) is 68.3 Å². The molecular formula is C16H16N2O3S3. The molecule has 0 saturated heterocycles. The minimum absolute atomic E-state index is 0.115. The maximum Gasteiger partial charge on any atom is 0.244 e. The van der Waals surface area contributed by atoms with Crippen LogP contribution in [-0.4, -0.2) is 20.5 Å². The summed E-state index contributed by atoms with van der Waals surface area (Å²) in [5, 5.41) is 4.75. The van der Waals surface area contributed by atoms with E-state index < -0.39 is 10.0 Å². The van der Waals surface area contributed by atoms with Crippen molar-refractivity contribution in [1.29, 1.82) is 0 Å². The Hall–Kier alpha value is -1.74. The summed E-state index contributed by atoms with van der Waals surface area (Å²) < 4.78 is 33.2. The van der Waals surface area contributed by atoms with Gasteiger partial charge in [0.15, 0.2) is 0 Å². The van der Waals surface area contributed by atoms with E-state index in [0.29, 0.717) is 5.75 Å². The molecular weight excluding hydrogens is 364 g/mol. The summed E-state index contributed by atoms with van der Waals surface area (Å²) in [4.78, 5) is 5.47. The molecule has 0 radical (unpaired) electrons. The molecule has 24 heavy (non-hydrogen) atoms. The number of rotatable bonds is 6. The lowest BCUT2D eigenvalue weighted by Gasteiger charge is -2.11. The molecule has 3 aromatic rings. The third kappa shape index (κ3) is 3.67. The van der Waals surface area contributed by atoms with Gasteiger partial charge in [0, 0.05) is 22.4 Å². The van der Waals surface area contributed by atoms with Gasteiger partial charge in [0.25, 0.3) is 0 Å². The summed E-state index contributed by atoms with van der Waals surface area (Å²) >= 11 is 3.03. The number of hydrogen-bond acceptors (Lipinski definition) is 6. The van der Waals surface area contributed by atoms with Crippen LogP contribution in [0.15, 0.2) is 46.0 Å². The lowest BCUT2D eigenvalue weighted by Crippen LogP contribution is -2.23. The van der Waals surface area contributed by atoms with E-state index in [2.05, 4.69) is 9.71 Å². The highest BCUT2D eigenvalue weighted by Gasteiger charge is 2.21. The zero-order valence-electron chi connectivity index (χ0n) is 13.1. The van der Waals surface area contributed by atoms with Crippen LogP contribution in [-0.2, 0) is 16.6 Å². The maximum atomic E-state index is 12.7. The number of ether oxygens (including phenoxy) is 1. The van der Waals surface area contributed by atoms with Crippen LogP contribution in [0.5, 0.6) is 5.75 Å². The molecule has 0 aliphatic rings. The van der Waals surface area contributed by atoms with E-state index in [4.69, 9.17) is 4.74 Å². The van der Waals surface area contributed by atoms with Crippen LogP contribution in [0.2, 0.25) is 0 Å². The van der Waals surface area contributed by atoms with Crippen LogP contribution < -0.4 is 9.46 Å². The standard InChI is InChI=1S/C16H16N2O3S3/c1-11-18-14(10-23-11)12-5-6-15(21-2)16(8-12)24(19,20)17-9-13-4-3-7-22-13/h3-8,10,17H,9H2,1-2H3. The summed E-state index contributed by atoms with van der Waals surface area (Å²) in [6.07, 6.45) is 0. The van der Waals surface area contributed by atoms with Crippen LogP contribution in [0.4, 0.5) is 0 Å². The van der Waals surface area contributed by atoms with Crippen molar-refractivity contribution in [1.82, 2.24) is 9.71 Å². The predicted molar refractivity (Wildman–Crippen MR) is 97.2 cm³/mol. The van der Waals surface area contributed by atoms with Crippen molar-refractivity contribution in [3.05, 3.63) is 51.0 Å². The molecule has 0 amide bonds. The van der Waals surface area contributed by atoms with Gasteiger partial charge in [-0.2, -0.15) is 0 Å². The first-order valence-electron chi connectivity index (χ1n) is 7.12. The van der Waals surface area contributed by atoms with Crippen molar-refractivity contribution in [2.75, 3.05) is 7.11 Å². The quantitative estimate of drug-likeness (QED) is 0.708. The minimum atomic E-state index is -3.70. The van der Waals surface area contributed by atoms with Gasteiger partial charge >= 0.3 is 0 Å². The number of sulfonamides is 1. The van der Waals surface area contributed by atoms with Crippen LogP contribution in [0.3, 0.4) is 0 Å². The largest absolute Gasteiger partial charge is 0.495 e. The first-order chi connectivity index (χ1) is 11.5. The van der Waals surface area contributed by atoms with E-state index in [0.717, 1.165) is 21.1 Å². The Labute approximate surface area is 149 Å². The number of methoxy groups -OCH3 is 1. The number of aryl methyl sites for hydroxylation is 1. The third-order valence-corrected chi connectivity index (χ3v) is 6.46. The van der Waals surface area contributed by atoms with E-state index >= 15 is 0 Å². The highest BCUT2D eigenvalue weighted by atomic mass is 32.2. The second-order valence-corrected chi connectivity index (χ2v) is 8.85. The Bertz CT molecular complexity index is 931. The summed E-state index contributed by atoms with van der Waals surface area (Å²) in [6.45, 7) is 2.17. The summed E-state index contributed by atoms with van der Waals surface area (Å²) in [6, 6.07) is 8.85. The van der Waals surface area contributed by atoms with Crippen LogP contribution in [0.1, 0.15) is 9.88 Å². The Kier molecular flexibility index (Phi) is 5.00. The zero-order chi connectivity index (χ0) is 17.2. The number of nitrogens with zero attached hydrogens (tertiary/aromatic N) is 1. The monoisotopic (exact) mass is 380 g/mol. The van der Waals surface area contributed by atoms with Crippen molar-refractivity contribution in [3.63, 3.8) is 0 Å². The van der Waals surface area contributed by atoms with Gasteiger partial charge in [0.2, 0.25) is 10.0 Å². The second kappa shape index (κ2) is 7.02. The van der Waals surface area contributed by atoms with Crippen molar-refractivity contribution in [2.45, 2.75) is 18.4 Å². The van der Waals surface area contributed by atoms with Crippen molar-refractivity contribution in [3.8, 4) is 17.0 Å². The van der Waals surface area contributed by atoms with Gasteiger partial charge in [0.05, 0.1) is 17.8 Å². The number of benzene rings is 1. The van der Waals surface area contributed by atoms with E-state index in [1.54, 1.807) is 12.1 Å². The van der Waals surface area contributed by atoms with Gasteiger partial charge in [-0.1, -0.05) is 6.07 Å². The average Bonchev–Trinajstić information content (AvgIpc) is 3.24. The molecule has 3 rings (SSSR count). The van der Waals surface area contributed by atoms with Gasteiger partial charge in [-0.25, -0.2) is 18.1 Å². The first-order valence-corrected chi connectivity index (χ1v) is 10.4. The van der Waals surface area contributed by atoms with E-state index in [9.17, 15) is 8.42 Å². The van der Waals surface area contributed by atoms with Crippen molar-refractivity contribution < 1.29 is 13.2 Å². The van der Waals surface area contributed by atoms with Gasteiger partial charge in [-0.15, -0.1) is 22.7 Å². The number of thiophene rings is 1. The molecule has 8 heteroatoms. The Morgan fingerprint density at radius 2 is 2.08 bits per heavy atom. The fraction of sp³-hybridized carbons (Fsp3) is 0.188. The zero-order valence-corrected chi connectivity index (χ0v) is 15.6. The molecule has 5 nitrogen and oxygen atoms in total. The number of aromatic nitrogens is 1. The van der Waals surface area contributed by atoms with Gasteiger partial charge in [-0.05, 0) is 36.6 Å². The molecule has 1 aromatic carbocycles.